The van der Waals surface area contributed by atoms with Gasteiger partial charge in [0.2, 0.25) is 0 Å². The Bertz CT molecular complexity index is 412. The molecule has 0 N–H and O–H groups in total. The molecule has 1 amide bonds. The van der Waals surface area contributed by atoms with Gasteiger partial charge in [-0.25, -0.2) is 4.39 Å². The molecular formula is C13H17BrFNO2. The molecule has 1 aromatic carbocycles. The molecule has 0 bridgehead atoms. The summed E-state index contributed by atoms with van der Waals surface area (Å²) in [6.45, 7) is 3.34. The highest BCUT2D eigenvalue weighted by atomic mass is 79.9. The number of benzene rings is 1. The van der Waals surface area contributed by atoms with E-state index in [9.17, 15) is 9.18 Å². The smallest absolute Gasteiger partial charge is 0.254 e. The molecule has 0 atom stereocenters. The van der Waals surface area contributed by atoms with E-state index in [1.54, 1.807) is 18.9 Å². The second-order valence-corrected chi connectivity index (χ2v) is 4.73. The third-order valence-corrected chi connectivity index (χ3v) is 2.98. The van der Waals surface area contributed by atoms with E-state index in [0.29, 0.717) is 36.2 Å². The summed E-state index contributed by atoms with van der Waals surface area (Å²) in [5.74, 6) is -0.419. The van der Waals surface area contributed by atoms with E-state index in [0.717, 1.165) is 0 Å². The minimum Gasteiger partial charge on any atom is -0.383 e. The molecule has 0 aliphatic heterocycles. The van der Waals surface area contributed by atoms with E-state index in [2.05, 4.69) is 15.9 Å². The van der Waals surface area contributed by atoms with Crippen LogP contribution in [0.5, 0.6) is 0 Å². The van der Waals surface area contributed by atoms with Crippen LogP contribution in [0.4, 0.5) is 4.39 Å². The highest BCUT2D eigenvalue weighted by molar-refractivity contribution is 9.09. The van der Waals surface area contributed by atoms with Gasteiger partial charge in [-0.2, -0.15) is 0 Å². The summed E-state index contributed by atoms with van der Waals surface area (Å²) in [6, 6.07) is 4.21. The second-order valence-electron chi connectivity index (χ2n) is 3.93. The first-order valence-electron chi connectivity index (χ1n) is 5.70. The van der Waals surface area contributed by atoms with Gasteiger partial charge in [0.1, 0.15) is 5.82 Å². The summed E-state index contributed by atoms with van der Waals surface area (Å²) >= 11 is 3.32. The van der Waals surface area contributed by atoms with Crippen molar-refractivity contribution in [2.24, 2.45) is 0 Å². The molecule has 3 nitrogen and oxygen atoms in total. The van der Waals surface area contributed by atoms with Gasteiger partial charge in [0.15, 0.2) is 0 Å². The normalized spacial score (nSPS) is 10.4. The van der Waals surface area contributed by atoms with Crippen molar-refractivity contribution in [3.05, 3.63) is 35.1 Å². The van der Waals surface area contributed by atoms with Crippen LogP contribution in [0.15, 0.2) is 18.2 Å². The first kappa shape index (κ1) is 15.1. The zero-order chi connectivity index (χ0) is 13.5. The number of nitrogens with zero attached hydrogens (tertiary/aromatic N) is 1. The van der Waals surface area contributed by atoms with Crippen molar-refractivity contribution in [1.29, 1.82) is 0 Å². The van der Waals surface area contributed by atoms with Gasteiger partial charge in [0, 0.05) is 31.1 Å². The molecular weight excluding hydrogens is 301 g/mol. The third-order valence-electron chi connectivity index (χ3n) is 2.63. The SMILES string of the molecule is COCCN(CCBr)C(=O)c1ccc(F)cc1C. The van der Waals surface area contributed by atoms with Crippen molar-refractivity contribution in [2.75, 3.05) is 32.1 Å². The van der Waals surface area contributed by atoms with E-state index in [-0.39, 0.29) is 11.7 Å². The number of carbonyl (C=O) groups excluding carboxylic acids is 1. The molecule has 0 fully saturated rings. The van der Waals surface area contributed by atoms with Gasteiger partial charge in [-0.15, -0.1) is 0 Å². The fourth-order valence-electron chi connectivity index (χ4n) is 1.66. The van der Waals surface area contributed by atoms with E-state index >= 15 is 0 Å². The summed E-state index contributed by atoms with van der Waals surface area (Å²) in [6.07, 6.45) is 0. The number of ether oxygens (including phenoxy) is 1. The Kier molecular flexibility index (Phi) is 6.29. The van der Waals surface area contributed by atoms with Crippen molar-refractivity contribution in [3.63, 3.8) is 0 Å². The number of hydrogen-bond donors (Lipinski definition) is 0. The lowest BCUT2D eigenvalue weighted by molar-refractivity contribution is 0.0708. The zero-order valence-corrected chi connectivity index (χ0v) is 12.2. The molecule has 0 aliphatic rings. The van der Waals surface area contributed by atoms with Crippen molar-refractivity contribution < 1.29 is 13.9 Å². The van der Waals surface area contributed by atoms with Crippen LogP contribution in [-0.2, 0) is 4.74 Å². The van der Waals surface area contributed by atoms with Crippen molar-refractivity contribution in [1.82, 2.24) is 4.90 Å². The standard InChI is InChI=1S/C13H17BrFNO2/c1-10-9-11(15)3-4-12(10)13(17)16(6-5-14)7-8-18-2/h3-4,9H,5-8H2,1-2H3. The first-order valence-corrected chi connectivity index (χ1v) is 6.82. The molecule has 5 heteroatoms. The lowest BCUT2D eigenvalue weighted by Gasteiger charge is -2.22. The molecule has 0 aliphatic carbocycles. The topological polar surface area (TPSA) is 29.5 Å². The number of amides is 1. The van der Waals surface area contributed by atoms with E-state index < -0.39 is 0 Å². The van der Waals surface area contributed by atoms with Gasteiger partial charge < -0.3 is 9.64 Å². The molecule has 100 valence electrons. The van der Waals surface area contributed by atoms with Gasteiger partial charge in [0.05, 0.1) is 6.61 Å². The van der Waals surface area contributed by atoms with Gasteiger partial charge in [-0.1, -0.05) is 15.9 Å². The van der Waals surface area contributed by atoms with Gasteiger partial charge >= 0.3 is 0 Å². The highest BCUT2D eigenvalue weighted by Crippen LogP contribution is 2.13. The molecule has 1 aromatic rings. The highest BCUT2D eigenvalue weighted by Gasteiger charge is 2.17. The predicted octanol–water partition coefficient (Wildman–Crippen LogP) is 2.62. The van der Waals surface area contributed by atoms with Crippen LogP contribution in [0.25, 0.3) is 0 Å². The molecule has 0 radical (unpaired) electrons. The zero-order valence-electron chi connectivity index (χ0n) is 10.6. The lowest BCUT2D eigenvalue weighted by Crippen LogP contribution is -2.35. The van der Waals surface area contributed by atoms with Gasteiger partial charge in [-0.3, -0.25) is 4.79 Å². The lowest BCUT2D eigenvalue weighted by atomic mass is 10.1. The maximum atomic E-state index is 13.0. The first-order chi connectivity index (χ1) is 8.60. The summed E-state index contributed by atoms with van der Waals surface area (Å²) < 4.78 is 18.0. The maximum absolute atomic E-state index is 13.0. The molecule has 0 saturated carbocycles. The average molecular weight is 318 g/mol. The molecule has 18 heavy (non-hydrogen) atoms. The fourth-order valence-corrected chi connectivity index (χ4v) is 2.08. The van der Waals surface area contributed by atoms with Crippen LogP contribution in [0.3, 0.4) is 0 Å². The van der Waals surface area contributed by atoms with Crippen LogP contribution >= 0.6 is 15.9 Å². The number of aryl methyl sites for hydroxylation is 1. The maximum Gasteiger partial charge on any atom is 0.254 e. The molecule has 1 rings (SSSR count). The molecule has 0 spiro atoms. The van der Waals surface area contributed by atoms with Crippen LogP contribution in [0, 0.1) is 12.7 Å². The summed E-state index contributed by atoms with van der Waals surface area (Å²) in [7, 11) is 1.60. The average Bonchev–Trinajstić information content (AvgIpc) is 2.33. The van der Waals surface area contributed by atoms with Crippen LogP contribution in [0.2, 0.25) is 0 Å². The Hall–Kier alpha value is -0.940. The van der Waals surface area contributed by atoms with Crippen LogP contribution < -0.4 is 0 Å². The summed E-state index contributed by atoms with van der Waals surface area (Å²) in [5.41, 5.74) is 1.19. The summed E-state index contributed by atoms with van der Waals surface area (Å²) in [5, 5.41) is 0.697. The molecule has 0 unspecified atom stereocenters. The Morgan fingerprint density at radius 2 is 2.17 bits per heavy atom. The Morgan fingerprint density at radius 3 is 2.72 bits per heavy atom. The van der Waals surface area contributed by atoms with Gasteiger partial charge in [-0.05, 0) is 30.7 Å². The van der Waals surface area contributed by atoms with Crippen molar-refractivity contribution >= 4 is 21.8 Å². The molecule has 0 saturated heterocycles. The van der Waals surface area contributed by atoms with Gasteiger partial charge in [0.25, 0.3) is 5.91 Å². The number of hydrogen-bond acceptors (Lipinski definition) is 2. The van der Waals surface area contributed by atoms with Crippen LogP contribution in [-0.4, -0.2) is 42.9 Å². The Balaban J connectivity index is 2.87. The predicted molar refractivity (Wildman–Crippen MR) is 72.7 cm³/mol. The minimum absolute atomic E-state index is 0.0935. The number of methoxy groups -OCH3 is 1. The second kappa shape index (κ2) is 7.48. The van der Waals surface area contributed by atoms with E-state index in [1.807, 2.05) is 0 Å². The Labute approximate surface area is 115 Å². The van der Waals surface area contributed by atoms with E-state index in [4.69, 9.17) is 4.74 Å². The van der Waals surface area contributed by atoms with Crippen LogP contribution in [0.1, 0.15) is 15.9 Å². The monoisotopic (exact) mass is 317 g/mol. The minimum atomic E-state index is -0.326. The largest absolute Gasteiger partial charge is 0.383 e. The van der Waals surface area contributed by atoms with Crippen molar-refractivity contribution in [2.45, 2.75) is 6.92 Å². The molecule has 0 aromatic heterocycles. The van der Waals surface area contributed by atoms with Crippen molar-refractivity contribution in [3.8, 4) is 0 Å². The number of carbonyl (C=O) groups is 1. The Morgan fingerprint density at radius 1 is 1.44 bits per heavy atom. The van der Waals surface area contributed by atoms with E-state index in [1.165, 1.54) is 18.2 Å². The quantitative estimate of drug-likeness (QED) is 0.755. The number of alkyl halides is 1. The summed E-state index contributed by atoms with van der Waals surface area (Å²) in [4.78, 5) is 14.0. The fraction of sp³-hybridized carbons (Fsp3) is 0.462. The third kappa shape index (κ3) is 4.07. The number of halogens is 2. The number of rotatable bonds is 6. The molecule has 0 heterocycles.